The predicted molar refractivity (Wildman–Crippen MR) is 122 cm³/mol. The average Bonchev–Trinajstić information content (AvgIpc) is 3.03. The van der Waals surface area contributed by atoms with E-state index in [0.29, 0.717) is 24.2 Å². The van der Waals surface area contributed by atoms with Gasteiger partial charge < -0.3 is 9.47 Å². The van der Waals surface area contributed by atoms with Gasteiger partial charge in [-0.05, 0) is 43.2 Å². The second-order valence-corrected chi connectivity index (χ2v) is 10.1. The highest BCUT2D eigenvalue weighted by Gasteiger charge is 2.35. The van der Waals surface area contributed by atoms with E-state index in [0.717, 1.165) is 30.6 Å². The van der Waals surface area contributed by atoms with Crippen LogP contribution in [-0.2, 0) is 14.8 Å². The minimum absolute atomic E-state index is 0.0116. The van der Waals surface area contributed by atoms with Crippen LogP contribution in [0.1, 0.15) is 56.8 Å². The fourth-order valence-corrected chi connectivity index (χ4v) is 5.73. The van der Waals surface area contributed by atoms with Crippen LogP contribution < -0.4 is 4.74 Å². The van der Waals surface area contributed by atoms with Gasteiger partial charge in [0.1, 0.15) is 17.9 Å². The zero-order valence-corrected chi connectivity index (χ0v) is 19.7. The number of ether oxygens (including phenoxy) is 2. The predicted octanol–water partition coefficient (Wildman–Crippen LogP) is 2.71. The molecule has 2 amide bonds. The third-order valence-electron chi connectivity index (χ3n) is 6.02. The number of methoxy groups -OCH3 is 1. The number of rotatable bonds is 7. The molecule has 180 valence electrons. The molecule has 0 spiro atoms. The first kappa shape index (κ1) is 23.9. The van der Waals surface area contributed by atoms with Crippen molar-refractivity contribution in [3.8, 4) is 5.75 Å². The van der Waals surface area contributed by atoms with Crippen LogP contribution in [0.3, 0.4) is 0 Å². The van der Waals surface area contributed by atoms with Gasteiger partial charge in [-0.15, -0.1) is 0 Å². The lowest BCUT2D eigenvalue weighted by atomic mass is 10.1. The van der Waals surface area contributed by atoms with Gasteiger partial charge in [0.15, 0.2) is 0 Å². The highest BCUT2D eigenvalue weighted by atomic mass is 32.2. The number of esters is 1. The van der Waals surface area contributed by atoms with Crippen LogP contribution in [0, 0.1) is 0 Å². The number of carbonyl (C=O) groups excluding carboxylic acids is 3. The molecule has 34 heavy (non-hydrogen) atoms. The van der Waals surface area contributed by atoms with E-state index in [1.165, 1.54) is 29.6 Å². The Morgan fingerprint density at radius 2 is 1.56 bits per heavy atom. The summed E-state index contributed by atoms with van der Waals surface area (Å²) in [5, 5.41) is 0. The van der Waals surface area contributed by atoms with Crippen LogP contribution in [0.5, 0.6) is 5.75 Å². The van der Waals surface area contributed by atoms with Crippen LogP contribution in [0.25, 0.3) is 0 Å². The van der Waals surface area contributed by atoms with Gasteiger partial charge in [-0.3, -0.25) is 14.5 Å². The van der Waals surface area contributed by atoms with Crippen molar-refractivity contribution in [1.82, 2.24) is 9.21 Å². The highest BCUT2D eigenvalue weighted by Crippen LogP contribution is 2.27. The molecule has 1 fully saturated rings. The molecule has 0 saturated carbocycles. The van der Waals surface area contributed by atoms with Gasteiger partial charge in [0.2, 0.25) is 10.0 Å². The Morgan fingerprint density at radius 3 is 2.15 bits per heavy atom. The highest BCUT2D eigenvalue weighted by molar-refractivity contribution is 7.89. The number of nitrogens with zero attached hydrogens (tertiary/aromatic N) is 2. The second-order valence-electron chi connectivity index (χ2n) is 8.12. The van der Waals surface area contributed by atoms with Crippen LogP contribution in [-0.4, -0.2) is 68.8 Å². The fourth-order valence-electron chi connectivity index (χ4n) is 4.19. The molecule has 0 unspecified atom stereocenters. The van der Waals surface area contributed by atoms with E-state index in [1.54, 1.807) is 24.3 Å². The van der Waals surface area contributed by atoms with E-state index in [4.69, 9.17) is 9.47 Å². The maximum absolute atomic E-state index is 13.1. The quantitative estimate of drug-likeness (QED) is 0.437. The number of amides is 2. The number of hydrogen-bond donors (Lipinski definition) is 0. The standard InChI is InChI=1S/C24H26N2O7S/c1-32-21-11-10-17(34(30,31)25-12-6-2-3-7-13-25)16-20(21)24(29)33-15-14-26-22(27)18-8-4-5-9-19(18)23(26)28/h4-5,8-11,16H,2-3,6-7,12-15H2,1H3. The molecule has 0 N–H and O–H groups in total. The van der Waals surface area contributed by atoms with Crippen LogP contribution >= 0.6 is 0 Å². The first-order valence-corrected chi connectivity index (χ1v) is 12.6. The Labute approximate surface area is 198 Å². The van der Waals surface area contributed by atoms with E-state index in [2.05, 4.69) is 0 Å². The molecule has 0 bridgehead atoms. The molecule has 2 aromatic rings. The monoisotopic (exact) mass is 486 g/mol. The number of fused-ring (bicyclic) bond motifs is 1. The molecule has 2 aliphatic heterocycles. The molecule has 0 radical (unpaired) electrons. The van der Waals surface area contributed by atoms with Crippen molar-refractivity contribution in [3.05, 3.63) is 59.2 Å². The number of hydrogen-bond acceptors (Lipinski definition) is 7. The molecular weight excluding hydrogens is 460 g/mol. The summed E-state index contributed by atoms with van der Waals surface area (Å²) < 4.78 is 38.2. The molecule has 2 aliphatic rings. The third-order valence-corrected chi connectivity index (χ3v) is 7.91. The lowest BCUT2D eigenvalue weighted by Gasteiger charge is -2.20. The fraction of sp³-hybridized carbons (Fsp3) is 0.375. The maximum Gasteiger partial charge on any atom is 0.342 e. The van der Waals surface area contributed by atoms with Crippen molar-refractivity contribution in [2.45, 2.75) is 30.6 Å². The van der Waals surface area contributed by atoms with Crippen molar-refractivity contribution >= 4 is 27.8 Å². The minimum Gasteiger partial charge on any atom is -0.496 e. The first-order chi connectivity index (χ1) is 16.3. The smallest absolute Gasteiger partial charge is 0.342 e. The Bertz CT molecular complexity index is 1180. The largest absolute Gasteiger partial charge is 0.496 e. The summed E-state index contributed by atoms with van der Waals surface area (Å²) in [5.41, 5.74) is 0.583. The van der Waals surface area contributed by atoms with Gasteiger partial charge in [-0.1, -0.05) is 25.0 Å². The van der Waals surface area contributed by atoms with Gasteiger partial charge in [0.05, 0.1) is 29.7 Å². The SMILES string of the molecule is COc1ccc(S(=O)(=O)N2CCCCCC2)cc1C(=O)OCCN1C(=O)c2ccccc2C1=O. The molecule has 10 heteroatoms. The normalized spacial score (nSPS) is 16.8. The molecule has 0 atom stereocenters. The van der Waals surface area contributed by atoms with Crippen molar-refractivity contribution in [2.75, 3.05) is 33.4 Å². The Hall–Kier alpha value is -3.24. The zero-order valence-electron chi connectivity index (χ0n) is 18.9. The summed E-state index contributed by atoms with van der Waals surface area (Å²) in [6.45, 7) is 0.519. The Kier molecular flexibility index (Phi) is 6.99. The maximum atomic E-state index is 13.1. The molecule has 0 aromatic heterocycles. The molecular formula is C24H26N2O7S. The van der Waals surface area contributed by atoms with Gasteiger partial charge in [0, 0.05) is 13.1 Å². The Morgan fingerprint density at radius 1 is 0.941 bits per heavy atom. The summed E-state index contributed by atoms with van der Waals surface area (Å²) in [7, 11) is -2.40. The van der Waals surface area contributed by atoms with Gasteiger partial charge >= 0.3 is 5.97 Å². The van der Waals surface area contributed by atoms with E-state index in [9.17, 15) is 22.8 Å². The lowest BCUT2D eigenvalue weighted by molar-refractivity contribution is 0.0417. The van der Waals surface area contributed by atoms with Gasteiger partial charge in [-0.2, -0.15) is 4.31 Å². The average molecular weight is 487 g/mol. The topological polar surface area (TPSA) is 110 Å². The first-order valence-electron chi connectivity index (χ1n) is 11.1. The summed E-state index contributed by atoms with van der Waals surface area (Å²) in [4.78, 5) is 38.7. The van der Waals surface area contributed by atoms with Gasteiger partial charge in [-0.25, -0.2) is 13.2 Å². The molecule has 9 nitrogen and oxygen atoms in total. The van der Waals surface area contributed by atoms with E-state index in [1.807, 2.05) is 0 Å². The third kappa shape index (κ3) is 4.55. The van der Waals surface area contributed by atoms with Crippen LogP contribution in [0.4, 0.5) is 0 Å². The number of benzene rings is 2. The molecule has 1 saturated heterocycles. The van der Waals surface area contributed by atoms with Crippen molar-refractivity contribution < 1.29 is 32.3 Å². The van der Waals surface area contributed by atoms with E-state index in [-0.39, 0.29) is 29.4 Å². The molecule has 2 aromatic carbocycles. The number of imide groups is 1. The van der Waals surface area contributed by atoms with Crippen LogP contribution in [0.15, 0.2) is 47.4 Å². The van der Waals surface area contributed by atoms with Gasteiger partial charge in [0.25, 0.3) is 11.8 Å². The second kappa shape index (κ2) is 9.94. The van der Waals surface area contributed by atoms with E-state index >= 15 is 0 Å². The Balaban J connectivity index is 1.47. The zero-order chi connectivity index (χ0) is 24.3. The lowest BCUT2D eigenvalue weighted by Crippen LogP contribution is -2.33. The number of sulfonamides is 1. The van der Waals surface area contributed by atoms with Crippen molar-refractivity contribution in [2.24, 2.45) is 0 Å². The minimum atomic E-state index is -3.77. The molecule has 4 rings (SSSR count). The summed E-state index contributed by atoms with van der Waals surface area (Å²) in [6, 6.07) is 10.6. The summed E-state index contributed by atoms with van der Waals surface area (Å²) >= 11 is 0. The van der Waals surface area contributed by atoms with Crippen LogP contribution in [0.2, 0.25) is 0 Å². The van der Waals surface area contributed by atoms with E-state index < -0.39 is 27.8 Å². The molecule has 0 aliphatic carbocycles. The number of carbonyl (C=O) groups is 3. The van der Waals surface area contributed by atoms with Crippen molar-refractivity contribution in [3.63, 3.8) is 0 Å². The molecule has 2 heterocycles. The summed E-state index contributed by atoms with van der Waals surface area (Å²) in [6.07, 6.45) is 3.56. The van der Waals surface area contributed by atoms with Crippen molar-refractivity contribution in [1.29, 1.82) is 0 Å². The summed E-state index contributed by atoms with van der Waals surface area (Å²) in [5.74, 6) is -1.53.